The summed E-state index contributed by atoms with van der Waals surface area (Å²) in [5, 5.41) is 19.8. The molecule has 1 spiro atoms. The van der Waals surface area contributed by atoms with Gasteiger partial charge in [0, 0.05) is 42.4 Å². The second-order valence-electron chi connectivity index (χ2n) is 12.1. The predicted octanol–water partition coefficient (Wildman–Crippen LogP) is 1.66. The molecule has 4 aliphatic rings. The second kappa shape index (κ2) is 10.5. The number of aliphatic hydroxyl groups excluding tert-OH is 1. The SMILES string of the molecule is COc1cccc2[nH]c(C(=O)N3C[C@]4(C[C@H]3NC(=O)[C@@H](C[C@@H]3CCCNC3=O)C(O)C(=O)NC3CC3)CC4(F)F)cc12. The number of rotatable bonds is 9. The number of alkyl halides is 2. The first-order valence-corrected chi connectivity index (χ1v) is 14.4. The van der Waals surface area contributed by atoms with Crippen LogP contribution in [0, 0.1) is 17.3 Å². The fourth-order valence-corrected chi connectivity index (χ4v) is 6.39. The molecule has 1 aromatic carbocycles. The Morgan fingerprint density at radius 2 is 1.95 bits per heavy atom. The Hall–Kier alpha value is -3.74. The maximum Gasteiger partial charge on any atom is 0.271 e. The van der Waals surface area contributed by atoms with Crippen molar-refractivity contribution in [3.05, 3.63) is 30.0 Å². The van der Waals surface area contributed by atoms with Gasteiger partial charge in [-0.3, -0.25) is 19.2 Å². The molecule has 4 fully saturated rings. The van der Waals surface area contributed by atoms with Crippen molar-refractivity contribution in [1.29, 1.82) is 0 Å². The van der Waals surface area contributed by atoms with Crippen LogP contribution >= 0.6 is 0 Å². The van der Waals surface area contributed by atoms with Crippen LogP contribution < -0.4 is 20.7 Å². The number of piperidine rings is 1. The second-order valence-corrected chi connectivity index (χ2v) is 12.1. The van der Waals surface area contributed by atoms with Crippen LogP contribution in [0.25, 0.3) is 10.9 Å². The van der Waals surface area contributed by atoms with Gasteiger partial charge in [0.15, 0.2) is 0 Å². The summed E-state index contributed by atoms with van der Waals surface area (Å²) in [7, 11) is 1.50. The lowest BCUT2D eigenvalue weighted by atomic mass is 9.84. The number of halogens is 2. The highest BCUT2D eigenvalue weighted by molar-refractivity contribution is 6.00. The van der Waals surface area contributed by atoms with Gasteiger partial charge in [-0.15, -0.1) is 0 Å². The van der Waals surface area contributed by atoms with Crippen LogP contribution in [0.2, 0.25) is 0 Å². The van der Waals surface area contributed by atoms with E-state index in [1.807, 2.05) is 0 Å². The highest BCUT2D eigenvalue weighted by atomic mass is 19.3. The molecule has 2 aliphatic heterocycles. The number of ether oxygens (including phenoxy) is 1. The number of aromatic amines is 1. The molecule has 5 N–H and O–H groups in total. The largest absolute Gasteiger partial charge is 0.496 e. The summed E-state index contributed by atoms with van der Waals surface area (Å²) in [5.41, 5.74) is -0.695. The number of methoxy groups -OCH3 is 1. The predicted molar refractivity (Wildman–Crippen MR) is 145 cm³/mol. The van der Waals surface area contributed by atoms with E-state index < -0.39 is 59.6 Å². The number of likely N-dealkylation sites (tertiary alicyclic amines) is 1. The molecule has 5 atom stereocenters. The van der Waals surface area contributed by atoms with E-state index in [9.17, 15) is 33.1 Å². The summed E-state index contributed by atoms with van der Waals surface area (Å²) >= 11 is 0. The van der Waals surface area contributed by atoms with Gasteiger partial charge in [0.1, 0.15) is 23.7 Å². The number of nitrogens with zero attached hydrogens (tertiary/aromatic N) is 1. The molecule has 2 saturated heterocycles. The highest BCUT2D eigenvalue weighted by Gasteiger charge is 2.75. The van der Waals surface area contributed by atoms with Crippen molar-refractivity contribution in [3.8, 4) is 5.75 Å². The van der Waals surface area contributed by atoms with E-state index in [1.54, 1.807) is 24.3 Å². The Morgan fingerprint density at radius 3 is 2.62 bits per heavy atom. The van der Waals surface area contributed by atoms with Crippen LogP contribution in [0.3, 0.4) is 0 Å². The highest BCUT2D eigenvalue weighted by Crippen LogP contribution is 2.66. The zero-order valence-electron chi connectivity index (χ0n) is 23.3. The average molecular weight is 588 g/mol. The van der Waals surface area contributed by atoms with Gasteiger partial charge < -0.3 is 35.7 Å². The third-order valence-corrected chi connectivity index (χ3v) is 9.14. The average Bonchev–Trinajstić information content (AvgIpc) is 3.74. The van der Waals surface area contributed by atoms with E-state index in [0.29, 0.717) is 36.0 Å². The lowest BCUT2D eigenvalue weighted by molar-refractivity contribution is -0.143. The van der Waals surface area contributed by atoms with Gasteiger partial charge in [-0.05, 0) is 56.7 Å². The molecule has 13 heteroatoms. The number of hydrogen-bond acceptors (Lipinski definition) is 6. The smallest absolute Gasteiger partial charge is 0.271 e. The maximum atomic E-state index is 14.6. The van der Waals surface area contributed by atoms with E-state index in [2.05, 4.69) is 20.9 Å². The van der Waals surface area contributed by atoms with Gasteiger partial charge in [0.25, 0.3) is 11.8 Å². The standard InChI is InChI=1S/C29H35F2N5O6/c1-42-21-6-2-5-19-17(21)11-20(34-19)27(41)36-14-28(13-29(28,30)31)12-22(36)35-25(39)18(10-15-4-3-9-32-24(15)38)23(37)26(40)33-16-7-8-16/h2,5-6,11,15-16,18,22-23,34,37H,3-4,7-10,12-14H2,1H3,(H,32,38)(H,33,40)(H,35,39)/t15-,18-,22-,23?,28-/m0/s1. The summed E-state index contributed by atoms with van der Waals surface area (Å²) < 4.78 is 34.5. The summed E-state index contributed by atoms with van der Waals surface area (Å²) in [6, 6.07) is 6.77. The van der Waals surface area contributed by atoms with Gasteiger partial charge in [-0.25, -0.2) is 8.78 Å². The number of aromatic nitrogens is 1. The number of H-pyrrole nitrogens is 1. The number of amides is 4. The van der Waals surface area contributed by atoms with E-state index in [0.717, 1.165) is 12.8 Å². The molecule has 2 aliphatic carbocycles. The van der Waals surface area contributed by atoms with Crippen molar-refractivity contribution in [2.45, 2.75) is 69.2 Å². The van der Waals surface area contributed by atoms with Crippen LogP contribution in [0.15, 0.2) is 24.3 Å². The monoisotopic (exact) mass is 587 g/mol. The molecule has 0 radical (unpaired) electrons. The lowest BCUT2D eigenvalue weighted by Gasteiger charge is -2.31. The number of fused-ring (bicyclic) bond motifs is 1. The first-order valence-electron chi connectivity index (χ1n) is 14.4. The zero-order chi connectivity index (χ0) is 29.8. The minimum absolute atomic E-state index is 0.0660. The summed E-state index contributed by atoms with van der Waals surface area (Å²) in [6.07, 6.45) is -0.814. The van der Waals surface area contributed by atoms with E-state index in [-0.39, 0.29) is 37.0 Å². The van der Waals surface area contributed by atoms with Gasteiger partial charge in [0.05, 0.1) is 18.4 Å². The molecule has 6 rings (SSSR count). The molecule has 2 aromatic rings. The summed E-state index contributed by atoms with van der Waals surface area (Å²) in [5.74, 6) is -6.70. The van der Waals surface area contributed by atoms with Crippen molar-refractivity contribution in [3.63, 3.8) is 0 Å². The van der Waals surface area contributed by atoms with Crippen LogP contribution in [0.4, 0.5) is 8.78 Å². The lowest BCUT2D eigenvalue weighted by Crippen LogP contribution is -2.53. The van der Waals surface area contributed by atoms with Crippen LogP contribution in [0.1, 0.15) is 55.4 Å². The van der Waals surface area contributed by atoms with Gasteiger partial charge in [0.2, 0.25) is 17.7 Å². The molecule has 4 amide bonds. The number of benzene rings is 1. The Bertz CT molecular complexity index is 1430. The molecule has 226 valence electrons. The number of nitrogens with one attached hydrogen (secondary N) is 4. The third kappa shape index (κ3) is 5.18. The Morgan fingerprint density at radius 1 is 1.19 bits per heavy atom. The molecule has 1 aromatic heterocycles. The minimum atomic E-state index is -2.99. The Kier molecular flexibility index (Phi) is 7.11. The van der Waals surface area contributed by atoms with E-state index in [1.165, 1.54) is 12.0 Å². The quantitative estimate of drug-likeness (QED) is 0.301. The van der Waals surface area contributed by atoms with Crippen molar-refractivity contribution >= 4 is 34.5 Å². The fraction of sp³-hybridized carbons (Fsp3) is 0.586. The molecule has 3 heterocycles. The Balaban J connectivity index is 1.25. The van der Waals surface area contributed by atoms with Crippen molar-refractivity contribution < 1.29 is 37.8 Å². The number of carbonyl (C=O) groups is 4. The molecule has 42 heavy (non-hydrogen) atoms. The molecule has 2 saturated carbocycles. The van der Waals surface area contributed by atoms with Crippen molar-refractivity contribution in [2.75, 3.05) is 20.2 Å². The number of aliphatic hydroxyl groups is 1. The van der Waals surface area contributed by atoms with Gasteiger partial charge >= 0.3 is 0 Å². The first kappa shape index (κ1) is 28.4. The van der Waals surface area contributed by atoms with E-state index >= 15 is 0 Å². The van der Waals surface area contributed by atoms with Gasteiger partial charge in [-0.1, -0.05) is 6.07 Å². The molecule has 1 unspecified atom stereocenters. The van der Waals surface area contributed by atoms with E-state index in [4.69, 9.17) is 4.74 Å². The molecule has 11 nitrogen and oxygen atoms in total. The number of carbonyl (C=O) groups excluding carboxylic acids is 4. The first-order chi connectivity index (χ1) is 20.0. The van der Waals surface area contributed by atoms with Crippen LogP contribution in [-0.4, -0.2) is 83.1 Å². The number of hydrogen-bond donors (Lipinski definition) is 5. The van der Waals surface area contributed by atoms with Crippen molar-refractivity contribution in [2.24, 2.45) is 17.3 Å². The Labute approximate surface area is 240 Å². The fourth-order valence-electron chi connectivity index (χ4n) is 6.39. The maximum absolute atomic E-state index is 14.6. The van der Waals surface area contributed by atoms with Crippen LogP contribution in [0.5, 0.6) is 5.75 Å². The van der Waals surface area contributed by atoms with Gasteiger partial charge in [-0.2, -0.15) is 0 Å². The molecule has 0 bridgehead atoms. The topological polar surface area (TPSA) is 153 Å². The molecular weight excluding hydrogens is 552 g/mol. The normalized spacial score (nSPS) is 27.8. The summed E-state index contributed by atoms with van der Waals surface area (Å²) in [6.45, 7) is 0.239. The van der Waals surface area contributed by atoms with Crippen molar-refractivity contribution in [1.82, 2.24) is 25.8 Å². The van der Waals surface area contributed by atoms with Crippen LogP contribution in [-0.2, 0) is 14.4 Å². The summed E-state index contributed by atoms with van der Waals surface area (Å²) in [4.78, 5) is 56.9. The minimum Gasteiger partial charge on any atom is -0.496 e. The molecular formula is C29H35F2N5O6. The third-order valence-electron chi connectivity index (χ3n) is 9.14. The zero-order valence-corrected chi connectivity index (χ0v) is 23.3.